The first kappa shape index (κ1) is 23.0. The minimum Gasteiger partial charge on any atom is -0.368 e. The lowest BCUT2D eigenvalue weighted by molar-refractivity contribution is 0.268. The van der Waals surface area contributed by atoms with Crippen LogP contribution in [0.1, 0.15) is 26.7 Å². The molecule has 0 aliphatic carbocycles. The van der Waals surface area contributed by atoms with E-state index in [1.165, 1.54) is 18.5 Å². The molecule has 0 aromatic heterocycles. The molecular weight excluding hydrogens is 437 g/mol. The zero-order valence-electron chi connectivity index (χ0n) is 16.8. The molecule has 1 aromatic carbocycles. The summed E-state index contributed by atoms with van der Waals surface area (Å²) in [5.74, 6) is 1.05. The van der Waals surface area contributed by atoms with Gasteiger partial charge in [-0.2, -0.15) is 0 Å². The smallest absolute Gasteiger partial charge is 0.193 e. The van der Waals surface area contributed by atoms with E-state index in [-0.39, 0.29) is 24.0 Å². The third kappa shape index (κ3) is 7.31. The maximum Gasteiger partial charge on any atom is 0.193 e. The fourth-order valence-electron chi connectivity index (χ4n) is 3.09. The van der Waals surface area contributed by atoms with Crippen LogP contribution < -0.4 is 10.2 Å². The predicted octanol–water partition coefficient (Wildman–Crippen LogP) is 3.12. The van der Waals surface area contributed by atoms with E-state index in [2.05, 4.69) is 76.2 Å². The largest absolute Gasteiger partial charge is 0.368 e. The highest BCUT2D eigenvalue weighted by Gasteiger charge is 2.19. The van der Waals surface area contributed by atoms with Crippen molar-refractivity contribution in [3.05, 3.63) is 30.3 Å². The van der Waals surface area contributed by atoms with Crippen molar-refractivity contribution in [1.82, 2.24) is 15.1 Å². The lowest BCUT2D eigenvalue weighted by Crippen LogP contribution is -2.52. The van der Waals surface area contributed by atoms with Crippen LogP contribution in [0, 0.1) is 0 Å². The molecule has 26 heavy (non-hydrogen) atoms. The molecule has 0 bridgehead atoms. The van der Waals surface area contributed by atoms with Crippen LogP contribution >= 0.6 is 24.0 Å². The highest BCUT2D eigenvalue weighted by atomic mass is 127. The molecule has 0 atom stereocenters. The lowest BCUT2D eigenvalue weighted by Gasteiger charge is -2.37. The molecule has 2 rings (SSSR count). The Morgan fingerprint density at radius 2 is 1.77 bits per heavy atom. The molecule has 0 saturated carbocycles. The maximum absolute atomic E-state index is 4.47. The number of para-hydroxylation sites is 1. The number of hydrogen-bond donors (Lipinski definition) is 1. The van der Waals surface area contributed by atoms with Gasteiger partial charge in [0, 0.05) is 51.5 Å². The Hall–Kier alpha value is -1.02. The SMILES string of the molecule is CN=C(NCCCCN(C)C(C)C)N1CCN(c2ccccc2)CC1.I. The summed E-state index contributed by atoms with van der Waals surface area (Å²) in [5.41, 5.74) is 1.32. The number of nitrogens with one attached hydrogen (secondary N) is 1. The quantitative estimate of drug-likeness (QED) is 0.286. The molecule has 1 saturated heterocycles. The van der Waals surface area contributed by atoms with Gasteiger partial charge in [0.1, 0.15) is 0 Å². The maximum atomic E-state index is 4.47. The summed E-state index contributed by atoms with van der Waals surface area (Å²) in [5, 5.41) is 3.54. The molecule has 1 aliphatic rings. The first-order valence-corrected chi connectivity index (χ1v) is 9.57. The van der Waals surface area contributed by atoms with Crippen LogP contribution in [0.5, 0.6) is 0 Å². The molecule has 6 heteroatoms. The molecule has 0 amide bonds. The van der Waals surface area contributed by atoms with Gasteiger partial charge in [-0.05, 0) is 52.4 Å². The molecule has 1 N–H and O–H groups in total. The fraction of sp³-hybridized carbons (Fsp3) is 0.650. The third-order valence-electron chi connectivity index (χ3n) is 5.01. The van der Waals surface area contributed by atoms with Crippen LogP contribution in [0.25, 0.3) is 0 Å². The second-order valence-electron chi connectivity index (χ2n) is 7.07. The zero-order chi connectivity index (χ0) is 18.1. The molecule has 0 radical (unpaired) electrons. The van der Waals surface area contributed by atoms with Crippen molar-refractivity contribution in [2.45, 2.75) is 32.7 Å². The van der Waals surface area contributed by atoms with Gasteiger partial charge in [-0.25, -0.2) is 0 Å². The third-order valence-corrected chi connectivity index (χ3v) is 5.01. The molecule has 0 unspecified atom stereocenters. The first-order valence-electron chi connectivity index (χ1n) is 9.57. The van der Waals surface area contributed by atoms with E-state index in [1.54, 1.807) is 0 Å². The van der Waals surface area contributed by atoms with Crippen molar-refractivity contribution < 1.29 is 0 Å². The van der Waals surface area contributed by atoms with Gasteiger partial charge in [0.25, 0.3) is 0 Å². The van der Waals surface area contributed by atoms with E-state index >= 15 is 0 Å². The minimum atomic E-state index is 0. The molecular formula is C20H36IN5. The van der Waals surface area contributed by atoms with Gasteiger partial charge in [0.05, 0.1) is 0 Å². The highest BCUT2D eigenvalue weighted by Crippen LogP contribution is 2.15. The van der Waals surface area contributed by atoms with E-state index < -0.39 is 0 Å². The van der Waals surface area contributed by atoms with Crippen LogP contribution in [0.4, 0.5) is 5.69 Å². The number of benzene rings is 1. The normalized spacial score (nSPS) is 15.4. The van der Waals surface area contributed by atoms with Gasteiger partial charge >= 0.3 is 0 Å². The van der Waals surface area contributed by atoms with Crippen molar-refractivity contribution in [1.29, 1.82) is 0 Å². The highest BCUT2D eigenvalue weighted by molar-refractivity contribution is 14.0. The average molecular weight is 473 g/mol. The molecule has 5 nitrogen and oxygen atoms in total. The Morgan fingerprint density at radius 3 is 2.35 bits per heavy atom. The number of nitrogens with zero attached hydrogens (tertiary/aromatic N) is 4. The average Bonchev–Trinajstić information content (AvgIpc) is 2.65. The number of anilines is 1. The molecule has 1 heterocycles. The van der Waals surface area contributed by atoms with Gasteiger partial charge in [-0.15, -0.1) is 24.0 Å². The predicted molar refractivity (Wildman–Crippen MR) is 124 cm³/mol. The Labute approximate surface area is 176 Å². The topological polar surface area (TPSA) is 34.1 Å². The number of piperazine rings is 1. The summed E-state index contributed by atoms with van der Waals surface area (Å²) >= 11 is 0. The van der Waals surface area contributed by atoms with Crippen molar-refractivity contribution in [3.63, 3.8) is 0 Å². The van der Waals surface area contributed by atoms with Crippen LogP contribution in [-0.4, -0.2) is 75.2 Å². The van der Waals surface area contributed by atoms with Gasteiger partial charge < -0.3 is 20.0 Å². The van der Waals surface area contributed by atoms with Crippen molar-refractivity contribution in [2.75, 3.05) is 58.3 Å². The number of guanidine groups is 1. The Bertz CT molecular complexity index is 512. The second-order valence-corrected chi connectivity index (χ2v) is 7.07. The van der Waals surface area contributed by atoms with Gasteiger partial charge in [0.15, 0.2) is 5.96 Å². The number of halogens is 1. The van der Waals surface area contributed by atoms with E-state index in [9.17, 15) is 0 Å². The van der Waals surface area contributed by atoms with Crippen molar-refractivity contribution >= 4 is 35.6 Å². The Morgan fingerprint density at radius 1 is 1.12 bits per heavy atom. The van der Waals surface area contributed by atoms with Crippen LogP contribution in [0.3, 0.4) is 0 Å². The van der Waals surface area contributed by atoms with Gasteiger partial charge in [-0.3, -0.25) is 4.99 Å². The Kier molecular flexibility index (Phi) is 11.0. The van der Waals surface area contributed by atoms with E-state index in [0.29, 0.717) is 6.04 Å². The summed E-state index contributed by atoms with van der Waals surface area (Å²) in [6.07, 6.45) is 2.40. The zero-order valence-corrected chi connectivity index (χ0v) is 19.1. The monoisotopic (exact) mass is 473 g/mol. The molecule has 148 valence electrons. The molecule has 1 fully saturated rings. The number of rotatable bonds is 7. The summed E-state index contributed by atoms with van der Waals surface area (Å²) in [6.45, 7) is 10.8. The van der Waals surface area contributed by atoms with Crippen LogP contribution in [0.15, 0.2) is 35.3 Å². The summed E-state index contributed by atoms with van der Waals surface area (Å²) in [6, 6.07) is 11.3. The number of hydrogen-bond acceptors (Lipinski definition) is 3. The van der Waals surface area contributed by atoms with Crippen LogP contribution in [0.2, 0.25) is 0 Å². The second kappa shape index (κ2) is 12.4. The number of aliphatic imine (C=N–C) groups is 1. The summed E-state index contributed by atoms with van der Waals surface area (Å²) < 4.78 is 0. The first-order chi connectivity index (χ1) is 12.1. The molecule has 1 aliphatic heterocycles. The van der Waals surface area contributed by atoms with Crippen molar-refractivity contribution in [2.24, 2.45) is 4.99 Å². The van der Waals surface area contributed by atoms with E-state index in [4.69, 9.17) is 0 Å². The fourth-order valence-corrected chi connectivity index (χ4v) is 3.09. The lowest BCUT2D eigenvalue weighted by atomic mass is 10.2. The standard InChI is InChI=1S/C20H35N5.HI/c1-18(2)23(4)13-9-8-12-22-20(21-3)25-16-14-24(15-17-25)19-10-6-5-7-11-19;/h5-7,10-11,18H,8-9,12-17H2,1-4H3,(H,21,22);1H. The van der Waals surface area contributed by atoms with E-state index in [1.807, 2.05) is 7.05 Å². The van der Waals surface area contributed by atoms with Gasteiger partial charge in [0.2, 0.25) is 0 Å². The van der Waals surface area contributed by atoms with Gasteiger partial charge in [-0.1, -0.05) is 18.2 Å². The molecule has 1 aromatic rings. The van der Waals surface area contributed by atoms with Crippen molar-refractivity contribution in [3.8, 4) is 0 Å². The summed E-state index contributed by atoms with van der Waals surface area (Å²) in [7, 11) is 4.09. The Balaban J connectivity index is 0.00000338. The van der Waals surface area contributed by atoms with Crippen LogP contribution in [-0.2, 0) is 0 Å². The van der Waals surface area contributed by atoms with E-state index in [0.717, 1.165) is 45.2 Å². The summed E-state index contributed by atoms with van der Waals surface area (Å²) in [4.78, 5) is 11.7. The molecule has 0 spiro atoms. The minimum absolute atomic E-state index is 0. The number of unbranched alkanes of at least 4 members (excludes halogenated alkanes) is 1.